The van der Waals surface area contributed by atoms with Crippen molar-refractivity contribution in [2.24, 2.45) is 0 Å². The van der Waals surface area contributed by atoms with E-state index in [1.54, 1.807) is 12.1 Å². The van der Waals surface area contributed by atoms with Gasteiger partial charge in [0, 0.05) is 5.02 Å². The lowest BCUT2D eigenvalue weighted by Gasteiger charge is -2.27. The van der Waals surface area contributed by atoms with Gasteiger partial charge < -0.3 is 0 Å². The second kappa shape index (κ2) is 8.81. The van der Waals surface area contributed by atoms with Crippen LogP contribution in [0.3, 0.4) is 0 Å². The van der Waals surface area contributed by atoms with Crippen LogP contribution in [0.25, 0.3) is 6.08 Å². The highest BCUT2D eigenvalue weighted by molar-refractivity contribution is 6.39. The van der Waals surface area contributed by atoms with Gasteiger partial charge >= 0.3 is 6.03 Å². The minimum absolute atomic E-state index is 0.102. The molecule has 4 amide bonds. The Bertz CT molecular complexity index is 1280. The first-order chi connectivity index (χ1) is 15.3. The lowest BCUT2D eigenvalue weighted by molar-refractivity contribution is -0.122. The largest absolute Gasteiger partial charge is 0.335 e. The van der Waals surface area contributed by atoms with Crippen molar-refractivity contribution in [1.82, 2.24) is 5.32 Å². The Hall–Kier alpha value is -3.70. The topological polar surface area (TPSA) is 66.5 Å². The van der Waals surface area contributed by atoms with Crippen molar-refractivity contribution in [3.05, 3.63) is 105 Å². The molecule has 0 spiro atoms. The molecule has 160 valence electrons. The summed E-state index contributed by atoms with van der Waals surface area (Å²) in [6.07, 6.45) is 2.07. The van der Waals surface area contributed by atoms with E-state index in [0.29, 0.717) is 22.7 Å². The number of carbonyl (C=O) groups is 3. The molecule has 1 aliphatic rings. The van der Waals surface area contributed by atoms with Crippen LogP contribution < -0.4 is 10.2 Å². The van der Waals surface area contributed by atoms with E-state index < -0.39 is 17.8 Å². The summed E-state index contributed by atoms with van der Waals surface area (Å²) in [5.41, 5.74) is 4.84. The molecule has 1 N–H and O–H groups in total. The highest BCUT2D eigenvalue weighted by Crippen LogP contribution is 2.26. The molecule has 3 aromatic carbocycles. The number of benzene rings is 3. The lowest BCUT2D eigenvalue weighted by Crippen LogP contribution is -2.54. The van der Waals surface area contributed by atoms with Gasteiger partial charge in [-0.25, -0.2) is 9.69 Å². The summed E-state index contributed by atoms with van der Waals surface area (Å²) in [5.74, 6) is -1.37. The number of hydrogen-bond acceptors (Lipinski definition) is 3. The molecule has 1 saturated heterocycles. The minimum atomic E-state index is -0.759. The van der Waals surface area contributed by atoms with E-state index in [4.69, 9.17) is 11.6 Å². The quantitative estimate of drug-likeness (QED) is 0.443. The van der Waals surface area contributed by atoms with E-state index in [1.807, 2.05) is 68.4 Å². The van der Waals surface area contributed by atoms with Crippen LogP contribution >= 0.6 is 11.6 Å². The van der Waals surface area contributed by atoms with E-state index in [9.17, 15) is 14.4 Å². The first kappa shape index (κ1) is 21.5. The van der Waals surface area contributed by atoms with Crippen molar-refractivity contribution < 1.29 is 14.4 Å². The van der Waals surface area contributed by atoms with Crippen LogP contribution in [0.1, 0.15) is 27.8 Å². The monoisotopic (exact) mass is 444 g/mol. The van der Waals surface area contributed by atoms with E-state index in [-0.39, 0.29) is 5.57 Å². The molecule has 0 radical (unpaired) electrons. The molecule has 32 heavy (non-hydrogen) atoms. The fraction of sp³-hybridized carbons (Fsp3) is 0.115. The van der Waals surface area contributed by atoms with Crippen LogP contribution in [0.4, 0.5) is 10.5 Å². The van der Waals surface area contributed by atoms with Gasteiger partial charge in [-0.15, -0.1) is 0 Å². The Kier molecular flexibility index (Phi) is 5.93. The van der Waals surface area contributed by atoms with Crippen molar-refractivity contribution in [3.63, 3.8) is 0 Å². The zero-order valence-electron chi connectivity index (χ0n) is 17.7. The molecule has 6 heteroatoms. The molecule has 4 rings (SSSR count). The molecule has 0 atom stereocenters. The minimum Gasteiger partial charge on any atom is -0.273 e. The van der Waals surface area contributed by atoms with Crippen molar-refractivity contribution in [2.45, 2.75) is 20.3 Å². The van der Waals surface area contributed by atoms with Crippen molar-refractivity contribution in [2.75, 3.05) is 4.90 Å². The SMILES string of the molecule is Cc1ccc(N2C(=O)NC(=O)/C(=C\c3ccccc3Cc3ccccc3Cl)C2=O)cc1C. The first-order valence-corrected chi connectivity index (χ1v) is 10.5. The number of nitrogens with zero attached hydrogens (tertiary/aromatic N) is 1. The number of nitrogens with one attached hydrogen (secondary N) is 1. The summed E-state index contributed by atoms with van der Waals surface area (Å²) < 4.78 is 0. The number of anilines is 1. The summed E-state index contributed by atoms with van der Waals surface area (Å²) in [7, 11) is 0. The number of barbiturate groups is 1. The van der Waals surface area contributed by atoms with Gasteiger partial charge in [-0.2, -0.15) is 0 Å². The average molecular weight is 445 g/mol. The molecule has 0 unspecified atom stereocenters. The van der Waals surface area contributed by atoms with Crippen LogP contribution in [0.2, 0.25) is 5.02 Å². The fourth-order valence-electron chi connectivity index (χ4n) is 3.60. The molecular weight excluding hydrogens is 424 g/mol. The van der Waals surface area contributed by atoms with Gasteiger partial charge in [0.1, 0.15) is 5.57 Å². The molecule has 0 saturated carbocycles. The maximum Gasteiger partial charge on any atom is 0.335 e. The third kappa shape index (κ3) is 4.20. The van der Waals surface area contributed by atoms with Gasteiger partial charge in [-0.05, 0) is 72.4 Å². The van der Waals surface area contributed by atoms with Gasteiger partial charge in [0.15, 0.2) is 0 Å². The van der Waals surface area contributed by atoms with Crippen LogP contribution in [-0.4, -0.2) is 17.8 Å². The average Bonchev–Trinajstić information content (AvgIpc) is 2.76. The number of rotatable bonds is 4. The van der Waals surface area contributed by atoms with Gasteiger partial charge in [0.05, 0.1) is 5.69 Å². The summed E-state index contributed by atoms with van der Waals surface area (Å²) in [6.45, 7) is 3.85. The number of aryl methyl sites for hydroxylation is 2. The van der Waals surface area contributed by atoms with E-state index in [2.05, 4.69) is 5.32 Å². The first-order valence-electron chi connectivity index (χ1n) is 10.1. The highest BCUT2D eigenvalue weighted by Gasteiger charge is 2.37. The van der Waals surface area contributed by atoms with Crippen molar-refractivity contribution in [3.8, 4) is 0 Å². The summed E-state index contributed by atoms with van der Waals surface area (Å²) >= 11 is 6.31. The van der Waals surface area contributed by atoms with Crippen molar-refractivity contribution >= 4 is 41.2 Å². The zero-order valence-corrected chi connectivity index (χ0v) is 18.4. The molecule has 1 fully saturated rings. The Morgan fingerprint density at radius 1 is 0.875 bits per heavy atom. The smallest absolute Gasteiger partial charge is 0.273 e. The molecule has 0 aromatic heterocycles. The Balaban J connectivity index is 1.73. The maximum absolute atomic E-state index is 13.2. The maximum atomic E-state index is 13.2. The summed E-state index contributed by atoms with van der Waals surface area (Å²) in [5, 5.41) is 2.93. The second-order valence-electron chi connectivity index (χ2n) is 7.69. The molecule has 3 aromatic rings. The van der Waals surface area contributed by atoms with E-state index >= 15 is 0 Å². The Morgan fingerprint density at radius 2 is 1.56 bits per heavy atom. The van der Waals surface area contributed by atoms with Crippen LogP contribution in [0, 0.1) is 13.8 Å². The van der Waals surface area contributed by atoms with E-state index in [1.165, 1.54) is 6.08 Å². The Labute approximate surface area is 191 Å². The normalized spacial score (nSPS) is 15.3. The summed E-state index contributed by atoms with van der Waals surface area (Å²) in [4.78, 5) is 39.3. The third-order valence-electron chi connectivity index (χ3n) is 5.54. The van der Waals surface area contributed by atoms with Crippen LogP contribution in [-0.2, 0) is 16.0 Å². The number of carbonyl (C=O) groups excluding carboxylic acids is 3. The predicted octanol–water partition coefficient (Wildman–Crippen LogP) is 5.21. The zero-order chi connectivity index (χ0) is 22.8. The number of amides is 4. The molecule has 0 bridgehead atoms. The molecule has 1 aliphatic heterocycles. The van der Waals surface area contributed by atoms with Gasteiger partial charge in [0.2, 0.25) is 0 Å². The predicted molar refractivity (Wildman–Crippen MR) is 126 cm³/mol. The van der Waals surface area contributed by atoms with Gasteiger partial charge in [-0.3, -0.25) is 14.9 Å². The number of imide groups is 2. The molecule has 0 aliphatic carbocycles. The van der Waals surface area contributed by atoms with Crippen molar-refractivity contribution in [1.29, 1.82) is 0 Å². The highest BCUT2D eigenvalue weighted by atomic mass is 35.5. The summed E-state index contributed by atoms with van der Waals surface area (Å²) in [6, 6.07) is 19.5. The number of halogens is 1. The van der Waals surface area contributed by atoms with Gasteiger partial charge in [-0.1, -0.05) is 60.1 Å². The lowest BCUT2D eigenvalue weighted by atomic mass is 9.97. The van der Waals surface area contributed by atoms with Gasteiger partial charge in [0.25, 0.3) is 11.8 Å². The molecule has 1 heterocycles. The fourth-order valence-corrected chi connectivity index (χ4v) is 3.80. The number of urea groups is 1. The molecule has 5 nitrogen and oxygen atoms in total. The van der Waals surface area contributed by atoms with E-state index in [0.717, 1.165) is 27.2 Å². The Morgan fingerprint density at radius 3 is 2.28 bits per heavy atom. The standard InChI is InChI=1S/C26H21ClN2O3/c1-16-11-12-21(13-17(16)2)29-25(31)22(24(30)28-26(29)32)15-19-8-4-3-7-18(19)14-20-9-5-6-10-23(20)27/h3-13,15H,14H2,1-2H3,(H,28,30,32)/b22-15+. The molecular formula is C26H21ClN2O3. The van der Waals surface area contributed by atoms with Crippen LogP contribution in [0.5, 0.6) is 0 Å². The third-order valence-corrected chi connectivity index (χ3v) is 5.91. The second-order valence-corrected chi connectivity index (χ2v) is 8.10. The van der Waals surface area contributed by atoms with Crippen LogP contribution in [0.15, 0.2) is 72.3 Å². The number of hydrogen-bond donors (Lipinski definition) is 1.